The van der Waals surface area contributed by atoms with Crippen molar-refractivity contribution in [2.45, 2.75) is 148 Å². The molecule has 19 heteroatoms. The zero-order valence-electron chi connectivity index (χ0n) is 75.2. The number of hydrogen-bond donors (Lipinski definition) is 2. The first-order chi connectivity index (χ1) is 56.9. The highest BCUT2D eigenvalue weighted by molar-refractivity contribution is 7.86. The predicted molar refractivity (Wildman–Crippen MR) is 503 cm³/mol. The molecule has 122 heavy (non-hydrogen) atoms. The molecule has 0 aromatic heterocycles. The predicted octanol–water partition coefficient (Wildman–Crippen LogP) is 23.6. The number of methoxy groups -OCH3 is 4. The van der Waals surface area contributed by atoms with Crippen molar-refractivity contribution in [2.24, 2.45) is 0 Å². The molecular formula is C103H124O17S2. The molecule has 0 saturated carbocycles. The molecule has 0 amide bonds. The lowest BCUT2D eigenvalue weighted by Gasteiger charge is -2.12. The van der Waals surface area contributed by atoms with Crippen LogP contribution in [0.25, 0.3) is 32.3 Å². The van der Waals surface area contributed by atoms with Crippen molar-refractivity contribution in [3.63, 3.8) is 0 Å². The van der Waals surface area contributed by atoms with Crippen LogP contribution >= 0.6 is 0 Å². The van der Waals surface area contributed by atoms with Gasteiger partial charge >= 0.3 is 0 Å². The van der Waals surface area contributed by atoms with E-state index in [1.54, 1.807) is 52.7 Å². The molecule has 0 bridgehead atoms. The summed E-state index contributed by atoms with van der Waals surface area (Å²) in [6.07, 6.45) is 14.3. The molecule has 13 rings (SSSR count). The van der Waals surface area contributed by atoms with E-state index in [-0.39, 0.29) is 20.7 Å². The molecule has 13 aromatic rings. The number of rotatable bonds is 14. The van der Waals surface area contributed by atoms with Gasteiger partial charge < -0.3 is 53.6 Å². The van der Waals surface area contributed by atoms with Gasteiger partial charge in [0, 0.05) is 0 Å². The minimum atomic E-state index is -4.12. The molecule has 0 unspecified atom stereocenters. The third-order valence-electron chi connectivity index (χ3n) is 18.9. The Morgan fingerprint density at radius 3 is 0.811 bits per heavy atom. The standard InChI is InChI=1S/2C12H12O3S.C12H18O2.C12H10O2.C12H12.C10H14O2.C10H14O.C8H10O.C8H10.C7H8O.2H2O/c2*1-8-3-4-9(2)12-7-10(16(13,14)15)5-6-11(8)12;2*1-5-13-11-7-10(4)12(14-6-2)8-9(11)3;1-9-7-8-10(2)12-6-4-3-5-11(9)12;1-7-5-10(12-4)8(2)6-9(7)11-3;1-7-5-9(3)10(11-4)6-8(7)2;1-2-9-8-6-4-3-5-7-8;1-7-3-5-8(2)6-4-7;1-8-7-5-3-2-4-6-7;;/h2*3-7H,1-2H3,(H,13,14,15);7-8H,5-6H2,1-4H3;1-2,7-8H,3-4H3;3-8H,1-2H3;5-6H,1-4H3;5-6H,1-4H3;3-7H,2H2,1H3;3-6H,1-2H3;2-6H,1H3;2*1H2. The molecule has 0 atom stereocenters. The zero-order valence-corrected chi connectivity index (χ0v) is 76.9. The van der Waals surface area contributed by atoms with Gasteiger partial charge in [-0.05, 0) is 345 Å². The van der Waals surface area contributed by atoms with Crippen LogP contribution in [0.5, 0.6) is 51.7 Å². The zero-order chi connectivity index (χ0) is 89.4. The Kier molecular flexibility index (Phi) is 46.3. The molecule has 0 fully saturated rings. The molecule has 0 aliphatic carbocycles. The maximum absolute atomic E-state index is 11.0. The lowest BCUT2D eigenvalue weighted by atomic mass is 10.0. The topological polar surface area (TPSA) is 255 Å². The van der Waals surface area contributed by atoms with Gasteiger partial charge in [-0.1, -0.05) is 164 Å². The van der Waals surface area contributed by atoms with Gasteiger partial charge in [0.2, 0.25) is 0 Å². The Morgan fingerprint density at radius 1 is 0.262 bits per heavy atom. The second-order valence-electron chi connectivity index (χ2n) is 28.2. The summed E-state index contributed by atoms with van der Waals surface area (Å²) in [6, 6.07) is 73.8. The molecule has 0 radical (unpaired) electrons. The first kappa shape index (κ1) is 106. The van der Waals surface area contributed by atoms with E-state index < -0.39 is 20.2 Å². The second-order valence-corrected chi connectivity index (χ2v) is 31.0. The minimum Gasteiger partial charge on any atom is -0.497 e. The average Bonchev–Trinajstić information content (AvgIpc) is 0.791. The SMILES string of the molecule is C#COc1cc(C)c(OC#C)cc1C.CCOc1cc(C)c(OCC)cc1C.CCOc1ccccc1.COc1cc(C)c(C)cc1C.COc1cc(C)c(OC)cc1C.COc1ccccc1.Cc1ccc(C)c2cc(S(=O)(=O)O)ccc12.Cc1ccc(C)c2cc(S(=O)(=O)O)ccc12.Cc1ccc(C)c2ccccc12.Cc1ccc(C)cc1.O.O. The van der Waals surface area contributed by atoms with Crippen LogP contribution in [0.2, 0.25) is 0 Å². The number of terminal acetylenes is 2. The van der Waals surface area contributed by atoms with Crippen LogP contribution in [-0.2, 0) is 20.2 Å². The van der Waals surface area contributed by atoms with Gasteiger partial charge in [0.05, 0.1) is 58.1 Å². The normalized spacial score (nSPS) is 9.97. The van der Waals surface area contributed by atoms with E-state index in [2.05, 4.69) is 133 Å². The highest BCUT2D eigenvalue weighted by Gasteiger charge is 2.14. The first-order valence-electron chi connectivity index (χ1n) is 39.2. The van der Waals surface area contributed by atoms with Crippen LogP contribution < -0.4 is 42.6 Å². The lowest BCUT2D eigenvalue weighted by molar-refractivity contribution is 0.327. The van der Waals surface area contributed by atoms with Crippen LogP contribution in [-0.4, -0.2) is 85.2 Å². The van der Waals surface area contributed by atoms with Gasteiger partial charge in [0.1, 0.15) is 64.0 Å². The van der Waals surface area contributed by atoms with Gasteiger partial charge in [0.15, 0.2) is 0 Å². The fourth-order valence-electron chi connectivity index (χ4n) is 11.9. The van der Waals surface area contributed by atoms with Crippen molar-refractivity contribution >= 4 is 52.6 Å². The summed E-state index contributed by atoms with van der Waals surface area (Å²) >= 11 is 0. The van der Waals surface area contributed by atoms with E-state index in [9.17, 15) is 16.8 Å². The third-order valence-corrected chi connectivity index (χ3v) is 20.6. The van der Waals surface area contributed by atoms with Crippen LogP contribution in [0.15, 0.2) is 240 Å². The largest absolute Gasteiger partial charge is 0.497 e. The fraction of sp³-hybridized carbons (Fsp3) is 0.262. The summed E-state index contributed by atoms with van der Waals surface area (Å²) in [5, 5.41) is 6.47. The first-order valence-corrected chi connectivity index (χ1v) is 42.1. The number of benzene rings is 13. The van der Waals surface area contributed by atoms with E-state index in [1.165, 1.54) is 74.0 Å². The number of aryl methyl sites for hydroxylation is 17. The molecule has 0 heterocycles. The number of fused-ring (bicyclic) bond motifs is 3. The molecule has 13 aromatic carbocycles. The van der Waals surface area contributed by atoms with Gasteiger partial charge in [-0.25, -0.2) is 0 Å². The van der Waals surface area contributed by atoms with Crippen molar-refractivity contribution < 1.29 is 79.5 Å². The van der Waals surface area contributed by atoms with E-state index in [0.29, 0.717) is 24.7 Å². The molecule has 6 N–H and O–H groups in total. The molecule has 0 aliphatic heterocycles. The third kappa shape index (κ3) is 34.4. The van der Waals surface area contributed by atoms with Gasteiger partial charge in [0.25, 0.3) is 20.2 Å². The van der Waals surface area contributed by atoms with E-state index in [4.69, 9.17) is 64.6 Å². The Balaban J connectivity index is 0.000000462. The number of hydrogen-bond acceptors (Lipinski definition) is 13. The molecule has 0 aliphatic rings. The fourth-order valence-corrected chi connectivity index (χ4v) is 12.9. The summed E-state index contributed by atoms with van der Waals surface area (Å²) in [4.78, 5) is -0.123. The summed E-state index contributed by atoms with van der Waals surface area (Å²) in [5.74, 6) is 7.85. The quantitative estimate of drug-likeness (QED) is 0.0758. The van der Waals surface area contributed by atoms with Crippen LogP contribution in [0.3, 0.4) is 0 Å². The molecule has 0 spiro atoms. The van der Waals surface area contributed by atoms with Crippen molar-refractivity contribution in [1.82, 2.24) is 0 Å². The summed E-state index contributed by atoms with van der Waals surface area (Å²) in [5.41, 5.74) is 19.6. The smallest absolute Gasteiger partial charge is 0.294 e. The van der Waals surface area contributed by atoms with Crippen molar-refractivity contribution in [3.8, 4) is 76.8 Å². The Labute approximate surface area is 726 Å². The van der Waals surface area contributed by atoms with Crippen LogP contribution in [0.1, 0.15) is 115 Å². The van der Waals surface area contributed by atoms with Gasteiger partial charge in [-0.15, -0.1) is 0 Å². The average molecular weight is 1700 g/mol. The molecule has 650 valence electrons. The maximum atomic E-state index is 11.0. The maximum Gasteiger partial charge on any atom is 0.294 e. The molecule has 17 nitrogen and oxygen atoms in total. The minimum absolute atomic E-state index is 0. The van der Waals surface area contributed by atoms with E-state index >= 15 is 0 Å². The highest BCUT2D eigenvalue weighted by atomic mass is 32.2. The van der Waals surface area contributed by atoms with Crippen LogP contribution in [0.4, 0.5) is 0 Å². The van der Waals surface area contributed by atoms with Crippen molar-refractivity contribution in [2.75, 3.05) is 48.3 Å². The van der Waals surface area contributed by atoms with Crippen LogP contribution in [0, 0.1) is 143 Å². The summed E-state index contributed by atoms with van der Waals surface area (Å²) in [6.45, 7) is 42.4. The van der Waals surface area contributed by atoms with E-state index in [0.717, 1.165) is 124 Å². The van der Waals surface area contributed by atoms with Gasteiger partial charge in [-0.2, -0.15) is 16.8 Å². The monoisotopic (exact) mass is 1700 g/mol. The summed E-state index contributed by atoms with van der Waals surface area (Å²) < 4.78 is 109. The second kappa shape index (κ2) is 53.4. The van der Waals surface area contributed by atoms with Crippen molar-refractivity contribution in [3.05, 3.63) is 325 Å². The number of para-hydroxylation sites is 2. The highest BCUT2D eigenvalue weighted by Crippen LogP contribution is 2.32. The van der Waals surface area contributed by atoms with Gasteiger partial charge in [-0.3, -0.25) is 9.11 Å². The van der Waals surface area contributed by atoms with E-state index in [1.807, 2.05) is 199 Å². The lowest BCUT2D eigenvalue weighted by Crippen LogP contribution is -1.98. The molecule has 0 saturated heterocycles. The summed E-state index contributed by atoms with van der Waals surface area (Å²) in [7, 11) is -1.53. The van der Waals surface area contributed by atoms with Crippen molar-refractivity contribution in [1.29, 1.82) is 0 Å². The Morgan fingerprint density at radius 2 is 0.516 bits per heavy atom. The Hall–Kier alpha value is -12.3. The number of ether oxygens (including phenoxy) is 9. The molecular weight excluding hydrogens is 1570 g/mol. The Bertz CT molecular complexity index is 5470.